The Hall–Kier alpha value is -1.71. The topological polar surface area (TPSA) is 127 Å². The molecule has 0 aromatic heterocycles. The number of nitrogens with one attached hydrogen (secondary N) is 2. The van der Waals surface area contributed by atoms with Crippen LogP contribution in [0.3, 0.4) is 0 Å². The van der Waals surface area contributed by atoms with Gasteiger partial charge in [-0.25, -0.2) is 13.1 Å². The maximum absolute atomic E-state index is 12.3. The van der Waals surface area contributed by atoms with Gasteiger partial charge in [0.2, 0.25) is 10.0 Å². The standard InChI is InChI=1S/C12H20N4O4S/c1-8(2)6-9(3)15-21(19,20)12-5-4-10(14-13)7-11(12)16(17)18/h4-5,7-9,14-15H,6,13H2,1-3H3. The number of hydrogen-bond acceptors (Lipinski definition) is 6. The summed E-state index contributed by atoms with van der Waals surface area (Å²) in [6.45, 7) is 5.66. The fourth-order valence-corrected chi connectivity index (χ4v) is 3.47. The van der Waals surface area contributed by atoms with Gasteiger partial charge in [0.25, 0.3) is 5.69 Å². The number of nitrogen functional groups attached to an aromatic ring is 1. The zero-order valence-electron chi connectivity index (χ0n) is 12.2. The lowest BCUT2D eigenvalue weighted by Crippen LogP contribution is -2.33. The van der Waals surface area contributed by atoms with E-state index in [0.717, 1.165) is 12.1 Å². The number of rotatable bonds is 7. The van der Waals surface area contributed by atoms with Crippen molar-refractivity contribution in [2.75, 3.05) is 5.43 Å². The van der Waals surface area contributed by atoms with Gasteiger partial charge in [-0.3, -0.25) is 16.0 Å². The zero-order chi connectivity index (χ0) is 16.2. The summed E-state index contributed by atoms with van der Waals surface area (Å²) in [5.74, 6) is 5.48. The Morgan fingerprint density at radius 1 is 1.33 bits per heavy atom. The van der Waals surface area contributed by atoms with Crippen molar-refractivity contribution in [1.82, 2.24) is 4.72 Å². The highest BCUT2D eigenvalue weighted by Crippen LogP contribution is 2.27. The van der Waals surface area contributed by atoms with E-state index in [0.29, 0.717) is 12.3 Å². The number of anilines is 1. The second kappa shape index (κ2) is 6.83. The molecule has 1 atom stereocenters. The average Bonchev–Trinajstić information content (AvgIpc) is 2.36. The Kier molecular flexibility index (Phi) is 5.64. The molecule has 8 nitrogen and oxygen atoms in total. The van der Waals surface area contributed by atoms with Crippen LogP contribution in [0.1, 0.15) is 27.2 Å². The molecule has 1 rings (SSSR count). The Balaban J connectivity index is 3.16. The van der Waals surface area contributed by atoms with E-state index in [1.807, 2.05) is 13.8 Å². The molecule has 0 bridgehead atoms. The number of hydrazine groups is 1. The predicted molar refractivity (Wildman–Crippen MR) is 80.1 cm³/mol. The third-order valence-electron chi connectivity index (χ3n) is 2.79. The lowest BCUT2D eigenvalue weighted by Gasteiger charge is -2.16. The molecular formula is C12H20N4O4S. The zero-order valence-corrected chi connectivity index (χ0v) is 13.0. The Morgan fingerprint density at radius 3 is 2.43 bits per heavy atom. The van der Waals surface area contributed by atoms with Crippen molar-refractivity contribution < 1.29 is 13.3 Å². The highest BCUT2D eigenvalue weighted by Gasteiger charge is 2.27. The van der Waals surface area contributed by atoms with Gasteiger partial charge in [0.1, 0.15) is 0 Å². The molecule has 0 spiro atoms. The summed E-state index contributed by atoms with van der Waals surface area (Å²) < 4.78 is 27.0. The van der Waals surface area contributed by atoms with E-state index in [1.165, 1.54) is 6.07 Å². The van der Waals surface area contributed by atoms with Crippen LogP contribution >= 0.6 is 0 Å². The molecule has 4 N–H and O–H groups in total. The SMILES string of the molecule is CC(C)CC(C)NS(=O)(=O)c1ccc(NN)cc1[N+](=O)[O-]. The first kappa shape index (κ1) is 17.3. The number of sulfonamides is 1. The first-order valence-electron chi connectivity index (χ1n) is 6.44. The van der Waals surface area contributed by atoms with Gasteiger partial charge >= 0.3 is 0 Å². The van der Waals surface area contributed by atoms with Crippen molar-refractivity contribution in [3.63, 3.8) is 0 Å². The summed E-state index contributed by atoms with van der Waals surface area (Å²) in [5, 5.41) is 11.0. The summed E-state index contributed by atoms with van der Waals surface area (Å²) in [4.78, 5) is 9.92. The second-order valence-corrected chi connectivity index (χ2v) is 6.92. The van der Waals surface area contributed by atoms with Gasteiger partial charge < -0.3 is 5.43 Å². The normalized spacial score (nSPS) is 13.2. The van der Waals surface area contributed by atoms with Gasteiger partial charge in [-0.15, -0.1) is 0 Å². The lowest BCUT2D eigenvalue weighted by atomic mass is 10.1. The van der Waals surface area contributed by atoms with Gasteiger partial charge in [0.05, 0.1) is 10.6 Å². The summed E-state index contributed by atoms with van der Waals surface area (Å²) in [7, 11) is -3.97. The Labute approximate surface area is 123 Å². The number of nitro groups is 1. The van der Waals surface area contributed by atoms with Gasteiger partial charge in [-0.2, -0.15) is 0 Å². The molecule has 0 saturated carbocycles. The first-order valence-corrected chi connectivity index (χ1v) is 7.93. The number of nitrogens with zero attached hydrogens (tertiary/aromatic N) is 1. The fraction of sp³-hybridized carbons (Fsp3) is 0.500. The van der Waals surface area contributed by atoms with Crippen LogP contribution in [0, 0.1) is 16.0 Å². The maximum Gasteiger partial charge on any atom is 0.291 e. The van der Waals surface area contributed by atoms with Crippen LogP contribution in [0.4, 0.5) is 11.4 Å². The molecule has 0 radical (unpaired) electrons. The van der Waals surface area contributed by atoms with Crippen molar-refractivity contribution >= 4 is 21.4 Å². The molecule has 0 aliphatic heterocycles. The molecule has 0 fully saturated rings. The predicted octanol–water partition coefficient (Wildman–Crippen LogP) is 1.59. The maximum atomic E-state index is 12.3. The van der Waals surface area contributed by atoms with Gasteiger partial charge in [0.15, 0.2) is 4.90 Å². The second-order valence-electron chi connectivity index (χ2n) is 5.24. The van der Waals surface area contributed by atoms with E-state index in [2.05, 4.69) is 10.1 Å². The van der Waals surface area contributed by atoms with Crippen LogP contribution < -0.4 is 16.0 Å². The molecule has 1 aromatic carbocycles. The molecule has 0 amide bonds. The van der Waals surface area contributed by atoms with E-state index in [4.69, 9.17) is 5.84 Å². The van der Waals surface area contributed by atoms with Crippen molar-refractivity contribution in [3.05, 3.63) is 28.3 Å². The van der Waals surface area contributed by atoms with Crippen LogP contribution in [-0.2, 0) is 10.0 Å². The Bertz CT molecular complexity index is 616. The first-order chi connectivity index (χ1) is 9.67. The third kappa shape index (κ3) is 4.66. The van der Waals surface area contributed by atoms with Crippen LogP contribution in [-0.4, -0.2) is 19.4 Å². The van der Waals surface area contributed by atoms with Gasteiger partial charge in [-0.05, 0) is 31.4 Å². The average molecular weight is 316 g/mol. The summed E-state index contributed by atoms with van der Waals surface area (Å²) >= 11 is 0. The molecule has 9 heteroatoms. The fourth-order valence-electron chi connectivity index (χ4n) is 2.06. The lowest BCUT2D eigenvalue weighted by molar-refractivity contribution is -0.387. The van der Waals surface area contributed by atoms with Gasteiger partial charge in [0, 0.05) is 12.1 Å². The summed E-state index contributed by atoms with van der Waals surface area (Å²) in [6.07, 6.45) is 0.634. The monoisotopic (exact) mass is 316 g/mol. The minimum absolute atomic E-state index is 0.260. The minimum atomic E-state index is -3.97. The van der Waals surface area contributed by atoms with Crippen molar-refractivity contribution in [3.8, 4) is 0 Å². The van der Waals surface area contributed by atoms with Crippen molar-refractivity contribution in [1.29, 1.82) is 0 Å². The molecule has 118 valence electrons. The summed E-state index contributed by atoms with van der Waals surface area (Å²) in [5.41, 5.74) is 1.99. The molecule has 0 saturated heterocycles. The Morgan fingerprint density at radius 2 is 1.95 bits per heavy atom. The van der Waals surface area contributed by atoms with E-state index < -0.39 is 20.6 Å². The number of nitrogens with two attached hydrogens (primary N) is 1. The number of nitro benzene ring substituents is 1. The third-order valence-corrected chi connectivity index (χ3v) is 4.43. The van der Waals surface area contributed by atoms with E-state index in [-0.39, 0.29) is 16.6 Å². The highest BCUT2D eigenvalue weighted by molar-refractivity contribution is 7.89. The molecule has 21 heavy (non-hydrogen) atoms. The minimum Gasteiger partial charge on any atom is -0.324 e. The van der Waals surface area contributed by atoms with Crippen molar-refractivity contribution in [2.45, 2.75) is 38.1 Å². The largest absolute Gasteiger partial charge is 0.324 e. The molecular weight excluding hydrogens is 296 g/mol. The smallest absolute Gasteiger partial charge is 0.291 e. The quantitative estimate of drug-likeness (QED) is 0.398. The molecule has 0 heterocycles. The summed E-state index contributed by atoms with van der Waals surface area (Å²) in [6, 6.07) is 3.30. The highest BCUT2D eigenvalue weighted by atomic mass is 32.2. The van der Waals surface area contributed by atoms with Gasteiger partial charge in [-0.1, -0.05) is 13.8 Å². The van der Waals surface area contributed by atoms with E-state index in [1.54, 1.807) is 6.92 Å². The number of hydrogen-bond donors (Lipinski definition) is 3. The van der Waals surface area contributed by atoms with Crippen LogP contribution in [0.25, 0.3) is 0 Å². The molecule has 1 unspecified atom stereocenters. The van der Waals surface area contributed by atoms with E-state index >= 15 is 0 Å². The molecule has 1 aromatic rings. The van der Waals surface area contributed by atoms with Crippen LogP contribution in [0.2, 0.25) is 0 Å². The molecule has 0 aliphatic rings. The van der Waals surface area contributed by atoms with Crippen molar-refractivity contribution in [2.24, 2.45) is 11.8 Å². The van der Waals surface area contributed by atoms with E-state index in [9.17, 15) is 18.5 Å². The van der Waals surface area contributed by atoms with Crippen LogP contribution in [0.15, 0.2) is 23.1 Å². The van der Waals surface area contributed by atoms with Crippen LogP contribution in [0.5, 0.6) is 0 Å². The molecule has 0 aliphatic carbocycles. The number of benzene rings is 1.